The van der Waals surface area contributed by atoms with Gasteiger partial charge < -0.3 is 24.3 Å². The molecule has 0 amide bonds. The van der Waals surface area contributed by atoms with Gasteiger partial charge in [-0.2, -0.15) is 0 Å². The normalized spacial score (nSPS) is 14.2. The zero-order valence-electron chi connectivity index (χ0n) is 10.2. The van der Waals surface area contributed by atoms with Gasteiger partial charge in [-0.15, -0.1) is 0 Å². The molecule has 0 saturated carbocycles. The van der Waals surface area contributed by atoms with Crippen LogP contribution in [0.25, 0.3) is 0 Å². The molecule has 0 heterocycles. The van der Waals surface area contributed by atoms with Crippen molar-refractivity contribution < 1.29 is 13.3 Å². The Hall–Kier alpha value is 0.0169. The lowest BCUT2D eigenvalue weighted by atomic mass is 10.3. The lowest BCUT2D eigenvalue weighted by molar-refractivity contribution is 0.123. The van der Waals surface area contributed by atoms with E-state index in [1.807, 2.05) is 0 Å². The molecule has 0 aromatic rings. The van der Waals surface area contributed by atoms with E-state index in [1.54, 1.807) is 21.3 Å². The first-order valence-electron chi connectivity index (χ1n) is 5.28. The molecular formula is C9H24N2O3Si. The standard InChI is InChI=1S/C9H24N2O3Si/c1-5-9(10)11-7-6-8-15(12-2,13-3)14-4/h9,11H,5-8,10H2,1-4H3. The van der Waals surface area contributed by atoms with Crippen molar-refractivity contribution in [3.63, 3.8) is 0 Å². The Morgan fingerprint density at radius 1 is 1.20 bits per heavy atom. The minimum atomic E-state index is -2.38. The summed E-state index contributed by atoms with van der Waals surface area (Å²) in [5.74, 6) is 0. The Labute approximate surface area is 93.6 Å². The van der Waals surface area contributed by atoms with E-state index < -0.39 is 8.80 Å². The summed E-state index contributed by atoms with van der Waals surface area (Å²) in [6, 6.07) is 0.805. The van der Waals surface area contributed by atoms with Crippen molar-refractivity contribution in [1.29, 1.82) is 0 Å². The van der Waals surface area contributed by atoms with Crippen LogP contribution in [0, 0.1) is 0 Å². The molecule has 0 aromatic carbocycles. The summed E-state index contributed by atoms with van der Waals surface area (Å²) in [5.41, 5.74) is 5.73. The molecule has 0 spiro atoms. The summed E-state index contributed by atoms with van der Waals surface area (Å²) < 4.78 is 15.9. The Morgan fingerprint density at radius 3 is 2.13 bits per heavy atom. The van der Waals surface area contributed by atoms with E-state index >= 15 is 0 Å². The molecule has 0 aromatic heterocycles. The van der Waals surface area contributed by atoms with E-state index in [1.165, 1.54) is 0 Å². The molecule has 3 N–H and O–H groups in total. The number of hydrogen-bond acceptors (Lipinski definition) is 5. The maximum Gasteiger partial charge on any atom is 0.500 e. The van der Waals surface area contributed by atoms with Crippen LogP contribution in [-0.4, -0.2) is 42.8 Å². The SMILES string of the molecule is CCC(N)NCCC[Si](OC)(OC)OC. The molecule has 1 atom stereocenters. The fourth-order valence-corrected chi connectivity index (χ4v) is 3.02. The fraction of sp³-hybridized carbons (Fsp3) is 1.00. The first-order chi connectivity index (χ1) is 7.14. The quantitative estimate of drug-likeness (QED) is 0.347. The molecule has 6 heteroatoms. The Balaban J connectivity index is 3.72. The van der Waals surface area contributed by atoms with Gasteiger partial charge in [-0.05, 0) is 19.4 Å². The van der Waals surface area contributed by atoms with E-state index in [9.17, 15) is 0 Å². The number of nitrogens with one attached hydrogen (secondary N) is 1. The van der Waals surface area contributed by atoms with Gasteiger partial charge in [0.1, 0.15) is 0 Å². The van der Waals surface area contributed by atoms with Crippen molar-refractivity contribution in [3.05, 3.63) is 0 Å². The van der Waals surface area contributed by atoms with E-state index in [0.29, 0.717) is 0 Å². The molecule has 0 radical (unpaired) electrons. The maximum atomic E-state index is 5.73. The van der Waals surface area contributed by atoms with Gasteiger partial charge in [0.25, 0.3) is 0 Å². The first-order valence-corrected chi connectivity index (χ1v) is 7.21. The molecule has 0 fully saturated rings. The highest BCUT2D eigenvalue weighted by atomic mass is 28.4. The molecule has 1 unspecified atom stereocenters. The smallest absolute Gasteiger partial charge is 0.377 e. The topological polar surface area (TPSA) is 65.7 Å². The molecule has 0 aliphatic heterocycles. The molecule has 0 saturated heterocycles. The van der Waals surface area contributed by atoms with Crippen molar-refractivity contribution in [3.8, 4) is 0 Å². The average Bonchev–Trinajstić information content (AvgIpc) is 2.30. The molecule has 15 heavy (non-hydrogen) atoms. The Morgan fingerprint density at radius 2 is 1.73 bits per heavy atom. The summed E-state index contributed by atoms with van der Waals surface area (Å²) in [4.78, 5) is 0. The second-order valence-corrected chi connectivity index (χ2v) is 6.46. The summed E-state index contributed by atoms with van der Waals surface area (Å²) >= 11 is 0. The Kier molecular flexibility index (Phi) is 8.21. The predicted molar refractivity (Wildman–Crippen MR) is 62.5 cm³/mol. The third-order valence-electron chi connectivity index (χ3n) is 2.44. The number of rotatable bonds is 9. The highest BCUT2D eigenvalue weighted by molar-refractivity contribution is 6.60. The number of hydrogen-bond donors (Lipinski definition) is 2. The molecule has 0 aliphatic rings. The summed E-state index contributed by atoms with van der Waals surface area (Å²) in [6.45, 7) is 2.91. The minimum Gasteiger partial charge on any atom is -0.377 e. The van der Waals surface area contributed by atoms with Gasteiger partial charge in [0.05, 0.1) is 6.17 Å². The highest BCUT2D eigenvalue weighted by Gasteiger charge is 2.36. The molecule has 92 valence electrons. The second-order valence-electron chi connectivity index (χ2n) is 3.37. The highest BCUT2D eigenvalue weighted by Crippen LogP contribution is 2.14. The average molecular weight is 236 g/mol. The lowest BCUT2D eigenvalue weighted by Gasteiger charge is -2.24. The monoisotopic (exact) mass is 236 g/mol. The van der Waals surface area contributed by atoms with Crippen LogP contribution in [0.3, 0.4) is 0 Å². The number of nitrogens with two attached hydrogens (primary N) is 1. The fourth-order valence-electron chi connectivity index (χ4n) is 1.29. The summed E-state index contributed by atoms with van der Waals surface area (Å²) in [7, 11) is 2.51. The molecule has 5 nitrogen and oxygen atoms in total. The van der Waals surface area contributed by atoms with Crippen molar-refractivity contribution in [2.75, 3.05) is 27.9 Å². The van der Waals surface area contributed by atoms with Crippen LogP contribution >= 0.6 is 0 Å². The van der Waals surface area contributed by atoms with Gasteiger partial charge in [0.2, 0.25) is 0 Å². The molecule has 0 aliphatic carbocycles. The molecule has 0 rings (SSSR count). The van der Waals surface area contributed by atoms with Crippen molar-refractivity contribution in [2.24, 2.45) is 5.73 Å². The van der Waals surface area contributed by atoms with E-state index in [2.05, 4.69) is 12.2 Å². The van der Waals surface area contributed by atoms with E-state index in [4.69, 9.17) is 19.0 Å². The maximum absolute atomic E-state index is 5.73. The van der Waals surface area contributed by atoms with Gasteiger partial charge in [-0.1, -0.05) is 6.92 Å². The van der Waals surface area contributed by atoms with Crippen LogP contribution in [0.2, 0.25) is 6.04 Å². The third-order valence-corrected chi connectivity index (χ3v) is 5.27. The largest absolute Gasteiger partial charge is 0.500 e. The minimum absolute atomic E-state index is 0.0775. The zero-order chi connectivity index (χ0) is 11.7. The van der Waals surface area contributed by atoms with Gasteiger partial charge in [0.15, 0.2) is 0 Å². The lowest BCUT2D eigenvalue weighted by Crippen LogP contribution is -2.44. The van der Waals surface area contributed by atoms with Crippen LogP contribution in [0.15, 0.2) is 0 Å². The van der Waals surface area contributed by atoms with Crippen molar-refractivity contribution in [2.45, 2.75) is 32.0 Å². The summed E-state index contributed by atoms with van der Waals surface area (Å²) in [5, 5.41) is 3.21. The zero-order valence-corrected chi connectivity index (χ0v) is 11.2. The van der Waals surface area contributed by atoms with Gasteiger partial charge in [0, 0.05) is 27.4 Å². The van der Waals surface area contributed by atoms with E-state index in [0.717, 1.165) is 25.4 Å². The van der Waals surface area contributed by atoms with Gasteiger partial charge in [-0.3, -0.25) is 0 Å². The van der Waals surface area contributed by atoms with E-state index in [-0.39, 0.29) is 6.17 Å². The van der Waals surface area contributed by atoms with Crippen LogP contribution < -0.4 is 11.1 Å². The van der Waals surface area contributed by atoms with Crippen molar-refractivity contribution in [1.82, 2.24) is 5.32 Å². The molecular weight excluding hydrogens is 212 g/mol. The summed E-state index contributed by atoms with van der Waals surface area (Å²) in [6.07, 6.45) is 1.95. The van der Waals surface area contributed by atoms with Crippen LogP contribution in [0.4, 0.5) is 0 Å². The van der Waals surface area contributed by atoms with Gasteiger partial charge in [-0.25, -0.2) is 0 Å². The van der Waals surface area contributed by atoms with Crippen LogP contribution in [0.1, 0.15) is 19.8 Å². The second kappa shape index (κ2) is 8.20. The van der Waals surface area contributed by atoms with Gasteiger partial charge >= 0.3 is 8.80 Å². The van der Waals surface area contributed by atoms with Crippen LogP contribution in [0.5, 0.6) is 0 Å². The molecule has 0 bridgehead atoms. The predicted octanol–water partition coefficient (Wildman–Crippen LogP) is 0.539. The Bertz CT molecular complexity index is 148. The van der Waals surface area contributed by atoms with Crippen LogP contribution in [-0.2, 0) is 13.3 Å². The first kappa shape index (κ1) is 15.0. The van der Waals surface area contributed by atoms with Crippen molar-refractivity contribution >= 4 is 8.80 Å². The third kappa shape index (κ3) is 5.60.